The number of aromatic nitrogens is 1. The van der Waals surface area contributed by atoms with Crippen LogP contribution in [0.2, 0.25) is 0 Å². The van der Waals surface area contributed by atoms with Crippen LogP contribution in [0.25, 0.3) is 0 Å². The molecule has 4 heteroatoms. The lowest BCUT2D eigenvalue weighted by molar-refractivity contribution is -0.209. The van der Waals surface area contributed by atoms with Crippen molar-refractivity contribution in [1.29, 1.82) is 0 Å². The maximum absolute atomic E-state index is 14.5. The summed E-state index contributed by atoms with van der Waals surface area (Å²) in [5.74, 6) is 1.83. The molecule has 1 aromatic carbocycles. The molecule has 0 radical (unpaired) electrons. The zero-order valence-electron chi connectivity index (χ0n) is 29.2. The predicted molar refractivity (Wildman–Crippen MR) is 183 cm³/mol. The van der Waals surface area contributed by atoms with Crippen LogP contribution in [0.1, 0.15) is 110 Å². The van der Waals surface area contributed by atoms with E-state index < -0.39 is 0 Å². The maximum atomic E-state index is 14.5. The van der Waals surface area contributed by atoms with E-state index in [1.807, 2.05) is 12.4 Å². The highest BCUT2D eigenvalue weighted by Crippen LogP contribution is 2.75. The van der Waals surface area contributed by atoms with E-state index in [2.05, 4.69) is 101 Å². The Kier molecular flexibility index (Phi) is 7.54. The molecule has 0 spiro atoms. The summed E-state index contributed by atoms with van der Waals surface area (Å²) in [5, 5.41) is 0. The number of pyridine rings is 1. The standard InChI is InChI=1S/C42H55NO3/c1-27-31-15-18-41(6)34(14-13-32-33-26-38(2,3)19-21-42(33,37(45)46-7)22-20-40(32,41)5)39(31,4)25-30(36(27)44)35(28-11-9-8-10-12-28)29-16-23-43-24-17-29/h8-14,16-17,23-24,27,30-35H,15,18-22,25-26H2,1-7H3/t27-,30?,31?,32?,33?,34?,35?,39+,40-,41-,42+/m1/s1. The number of Topliss-reactive ketones (excluding diaryl/α,β-unsaturated/α-hetero) is 1. The number of hydrogen-bond donors (Lipinski definition) is 0. The smallest absolute Gasteiger partial charge is 0.312 e. The lowest BCUT2D eigenvalue weighted by Crippen LogP contribution is -2.66. The lowest BCUT2D eigenvalue weighted by Gasteiger charge is -2.71. The maximum Gasteiger partial charge on any atom is 0.312 e. The molecule has 246 valence electrons. The number of carbonyl (C=O) groups is 2. The van der Waals surface area contributed by atoms with Gasteiger partial charge >= 0.3 is 5.97 Å². The van der Waals surface area contributed by atoms with E-state index in [-0.39, 0.29) is 50.8 Å². The quantitative estimate of drug-likeness (QED) is 0.252. The average Bonchev–Trinajstić information content (AvgIpc) is 3.04. The first kappa shape index (κ1) is 31.8. The number of fused-ring (bicyclic) bond motifs is 7. The fourth-order valence-electron chi connectivity index (χ4n) is 12.7. The Balaban J connectivity index is 1.31. The van der Waals surface area contributed by atoms with Crippen molar-refractivity contribution in [3.8, 4) is 0 Å². The van der Waals surface area contributed by atoms with Crippen LogP contribution in [0.15, 0.2) is 67.0 Å². The highest BCUT2D eigenvalue weighted by Gasteiger charge is 2.70. The summed E-state index contributed by atoms with van der Waals surface area (Å²) in [7, 11) is 1.59. The average molecular weight is 622 g/mol. The van der Waals surface area contributed by atoms with Gasteiger partial charge < -0.3 is 4.74 Å². The first-order valence-corrected chi connectivity index (χ1v) is 18.1. The molecule has 46 heavy (non-hydrogen) atoms. The van der Waals surface area contributed by atoms with E-state index in [0.29, 0.717) is 29.5 Å². The minimum atomic E-state index is -0.368. The van der Waals surface area contributed by atoms with E-state index in [1.54, 1.807) is 7.11 Å². The molecule has 0 saturated heterocycles. The van der Waals surface area contributed by atoms with Gasteiger partial charge in [-0.1, -0.05) is 84.0 Å². The normalized spacial score (nSPS) is 43.3. The zero-order chi connectivity index (χ0) is 32.7. The molecule has 5 aliphatic carbocycles. The van der Waals surface area contributed by atoms with Crippen LogP contribution < -0.4 is 0 Å². The van der Waals surface area contributed by atoms with Crippen LogP contribution in [0.5, 0.6) is 0 Å². The number of methoxy groups -OCH3 is 1. The minimum absolute atomic E-state index is 0.00173. The van der Waals surface area contributed by atoms with Gasteiger partial charge in [0.1, 0.15) is 5.78 Å². The van der Waals surface area contributed by atoms with Gasteiger partial charge in [-0.3, -0.25) is 14.6 Å². The van der Waals surface area contributed by atoms with Crippen LogP contribution in [0.3, 0.4) is 0 Å². The van der Waals surface area contributed by atoms with Crippen molar-refractivity contribution in [3.05, 3.63) is 78.1 Å². The van der Waals surface area contributed by atoms with Gasteiger partial charge in [-0.05, 0) is 120 Å². The van der Waals surface area contributed by atoms with E-state index in [0.717, 1.165) is 51.4 Å². The Morgan fingerprint density at radius 1 is 0.826 bits per heavy atom. The highest BCUT2D eigenvalue weighted by molar-refractivity contribution is 5.86. The van der Waals surface area contributed by atoms with Gasteiger partial charge in [0.2, 0.25) is 0 Å². The topological polar surface area (TPSA) is 56.3 Å². The molecule has 6 unspecified atom stereocenters. The number of benzene rings is 1. The number of ether oxygens (including phenoxy) is 1. The Morgan fingerprint density at radius 3 is 2.20 bits per heavy atom. The van der Waals surface area contributed by atoms with Crippen LogP contribution in [0.4, 0.5) is 0 Å². The third kappa shape index (κ3) is 4.40. The monoisotopic (exact) mass is 621 g/mol. The second kappa shape index (κ2) is 10.9. The molecule has 0 aliphatic heterocycles. The molecule has 2 aromatic rings. The SMILES string of the molecule is COC(=O)[C@]12CCC(C)(C)CC1C1C=CC3[C@@]4(C)CC(C(c5ccccc5)c5ccncc5)C(=O)[C@H](C)C4CC[C@@]3(C)[C@]1(C)CC2. The van der Waals surface area contributed by atoms with Crippen molar-refractivity contribution in [2.45, 2.75) is 98.8 Å². The van der Waals surface area contributed by atoms with Crippen molar-refractivity contribution in [2.75, 3.05) is 7.11 Å². The number of esters is 1. The first-order chi connectivity index (χ1) is 21.8. The van der Waals surface area contributed by atoms with Crippen LogP contribution in [-0.2, 0) is 14.3 Å². The number of rotatable bonds is 4. The highest BCUT2D eigenvalue weighted by atomic mass is 16.5. The van der Waals surface area contributed by atoms with E-state index in [1.165, 1.54) is 11.1 Å². The Morgan fingerprint density at radius 2 is 1.50 bits per heavy atom. The molecule has 5 aliphatic rings. The molecule has 1 heterocycles. The molecule has 1 aromatic heterocycles. The van der Waals surface area contributed by atoms with Crippen LogP contribution >= 0.6 is 0 Å². The number of nitrogens with zero attached hydrogens (tertiary/aromatic N) is 1. The van der Waals surface area contributed by atoms with Crippen molar-refractivity contribution >= 4 is 11.8 Å². The van der Waals surface area contributed by atoms with Gasteiger partial charge in [-0.2, -0.15) is 0 Å². The van der Waals surface area contributed by atoms with Crippen LogP contribution in [-0.4, -0.2) is 23.8 Å². The summed E-state index contributed by atoms with van der Waals surface area (Å²) in [6, 6.07) is 14.9. The fourth-order valence-corrected chi connectivity index (χ4v) is 12.7. The summed E-state index contributed by atoms with van der Waals surface area (Å²) < 4.78 is 5.58. The Hall–Kier alpha value is -2.75. The summed E-state index contributed by atoms with van der Waals surface area (Å²) in [6.07, 6.45) is 17.2. The summed E-state index contributed by atoms with van der Waals surface area (Å²) >= 11 is 0. The third-order valence-corrected chi connectivity index (χ3v) is 15.3. The molecule has 0 amide bonds. The first-order valence-electron chi connectivity index (χ1n) is 18.1. The molecule has 4 saturated carbocycles. The van der Waals surface area contributed by atoms with Gasteiger partial charge in [0.25, 0.3) is 0 Å². The van der Waals surface area contributed by atoms with Gasteiger partial charge in [-0.15, -0.1) is 0 Å². The van der Waals surface area contributed by atoms with E-state index in [9.17, 15) is 9.59 Å². The summed E-state index contributed by atoms with van der Waals surface area (Å²) in [6.45, 7) is 14.8. The molecular weight excluding hydrogens is 566 g/mol. The number of carbonyl (C=O) groups excluding carboxylic acids is 2. The minimum Gasteiger partial charge on any atom is -0.469 e. The molecule has 7 rings (SSSR count). The third-order valence-electron chi connectivity index (χ3n) is 15.3. The molecule has 0 bridgehead atoms. The number of ketones is 1. The zero-order valence-corrected chi connectivity index (χ0v) is 29.2. The van der Waals surface area contributed by atoms with Gasteiger partial charge in [0, 0.05) is 30.1 Å². The molecule has 0 N–H and O–H groups in total. The lowest BCUT2D eigenvalue weighted by atomic mass is 9.33. The summed E-state index contributed by atoms with van der Waals surface area (Å²) in [5.41, 5.74) is 2.43. The predicted octanol–water partition coefficient (Wildman–Crippen LogP) is 9.45. The molecule has 11 atom stereocenters. The second-order valence-electron chi connectivity index (χ2n) is 17.7. The second-order valence-corrected chi connectivity index (χ2v) is 17.7. The van der Waals surface area contributed by atoms with Crippen molar-refractivity contribution < 1.29 is 14.3 Å². The van der Waals surface area contributed by atoms with Gasteiger partial charge in [0.05, 0.1) is 12.5 Å². The van der Waals surface area contributed by atoms with Crippen molar-refractivity contribution in [1.82, 2.24) is 4.98 Å². The van der Waals surface area contributed by atoms with Crippen LogP contribution in [0, 0.1) is 62.6 Å². The molecule has 4 nitrogen and oxygen atoms in total. The van der Waals surface area contributed by atoms with Crippen molar-refractivity contribution in [2.24, 2.45) is 62.6 Å². The van der Waals surface area contributed by atoms with Crippen molar-refractivity contribution in [3.63, 3.8) is 0 Å². The largest absolute Gasteiger partial charge is 0.469 e. The van der Waals surface area contributed by atoms with Gasteiger partial charge in [-0.25, -0.2) is 0 Å². The number of allylic oxidation sites excluding steroid dienone is 2. The Bertz CT molecular complexity index is 1480. The van der Waals surface area contributed by atoms with Gasteiger partial charge in [0.15, 0.2) is 0 Å². The molecule has 4 fully saturated rings. The van der Waals surface area contributed by atoms with E-state index >= 15 is 0 Å². The summed E-state index contributed by atoms with van der Waals surface area (Å²) in [4.78, 5) is 32.5. The van der Waals surface area contributed by atoms with E-state index in [4.69, 9.17) is 4.74 Å². The fraction of sp³-hybridized carbons (Fsp3) is 0.643. The Labute approximate surface area is 277 Å². The molecular formula is C42H55NO3. The number of hydrogen-bond acceptors (Lipinski definition) is 4.